The number of hydrogen-bond donors (Lipinski definition) is 0. The van der Waals surface area contributed by atoms with Gasteiger partial charge in [-0.15, -0.1) is 11.8 Å². The van der Waals surface area contributed by atoms with Crippen molar-refractivity contribution in [3.05, 3.63) is 65.2 Å². The molecule has 1 aliphatic rings. The maximum atomic E-state index is 12.5. The zero-order valence-electron chi connectivity index (χ0n) is 15.5. The van der Waals surface area contributed by atoms with Gasteiger partial charge >= 0.3 is 5.97 Å². The molecule has 1 atom stereocenters. The molecule has 0 bridgehead atoms. The number of thioether (sulfide) groups is 1. The molecule has 144 valence electrons. The van der Waals surface area contributed by atoms with Crippen molar-refractivity contribution in [2.75, 3.05) is 13.7 Å². The number of benzene rings is 2. The highest BCUT2D eigenvalue weighted by molar-refractivity contribution is 8.00. The Bertz CT molecular complexity index is 938. The molecule has 28 heavy (non-hydrogen) atoms. The molecular formula is C21H19NO5S. The molecule has 1 saturated heterocycles. The molecule has 1 unspecified atom stereocenters. The molecule has 0 aromatic heterocycles. The van der Waals surface area contributed by atoms with Crippen molar-refractivity contribution in [2.24, 2.45) is 0 Å². The van der Waals surface area contributed by atoms with Crippen LogP contribution in [0.2, 0.25) is 0 Å². The number of ketones is 1. The van der Waals surface area contributed by atoms with E-state index in [1.165, 1.54) is 7.05 Å². The summed E-state index contributed by atoms with van der Waals surface area (Å²) >= 11 is 1.16. The smallest absolute Gasteiger partial charge is 0.339 e. The molecule has 2 aromatic carbocycles. The largest absolute Gasteiger partial charge is 0.454 e. The SMILES string of the molecule is Cc1ccc(C(=O)COC(=O)c2ccccc2SC2CC(=O)N(C)C2=O)cc1. The van der Waals surface area contributed by atoms with E-state index < -0.39 is 11.2 Å². The first-order valence-corrected chi connectivity index (χ1v) is 9.58. The van der Waals surface area contributed by atoms with Crippen LogP contribution in [0.5, 0.6) is 0 Å². The maximum absolute atomic E-state index is 12.5. The van der Waals surface area contributed by atoms with Crippen LogP contribution >= 0.6 is 11.8 Å². The van der Waals surface area contributed by atoms with Gasteiger partial charge in [-0.05, 0) is 19.1 Å². The van der Waals surface area contributed by atoms with Crippen LogP contribution < -0.4 is 0 Å². The third-order valence-corrected chi connectivity index (χ3v) is 5.69. The molecule has 0 radical (unpaired) electrons. The zero-order valence-corrected chi connectivity index (χ0v) is 16.3. The second kappa shape index (κ2) is 8.39. The Labute approximate surface area is 166 Å². The van der Waals surface area contributed by atoms with Gasteiger partial charge in [0.2, 0.25) is 11.8 Å². The number of ether oxygens (including phenoxy) is 1. The van der Waals surface area contributed by atoms with Gasteiger partial charge in [-0.1, -0.05) is 42.0 Å². The number of hydrogen-bond acceptors (Lipinski definition) is 6. The second-order valence-corrected chi connectivity index (χ2v) is 7.71. The van der Waals surface area contributed by atoms with Crippen molar-refractivity contribution < 1.29 is 23.9 Å². The van der Waals surface area contributed by atoms with Gasteiger partial charge < -0.3 is 4.74 Å². The van der Waals surface area contributed by atoms with Crippen LogP contribution in [0.4, 0.5) is 0 Å². The number of likely N-dealkylation sites (tertiary alicyclic amines) is 1. The first-order chi connectivity index (χ1) is 13.4. The molecule has 6 nitrogen and oxygen atoms in total. The van der Waals surface area contributed by atoms with Gasteiger partial charge in [-0.2, -0.15) is 0 Å². The van der Waals surface area contributed by atoms with Crippen molar-refractivity contribution in [3.8, 4) is 0 Å². The number of carbonyl (C=O) groups excluding carboxylic acids is 4. The molecule has 7 heteroatoms. The molecule has 0 N–H and O–H groups in total. The van der Waals surface area contributed by atoms with Crippen LogP contribution in [0.3, 0.4) is 0 Å². The van der Waals surface area contributed by atoms with Crippen LogP contribution in [0.15, 0.2) is 53.4 Å². The minimum atomic E-state index is -0.645. The topological polar surface area (TPSA) is 80.8 Å². The highest BCUT2D eigenvalue weighted by Gasteiger charge is 2.37. The van der Waals surface area contributed by atoms with Gasteiger partial charge in [0.25, 0.3) is 0 Å². The zero-order chi connectivity index (χ0) is 20.3. The molecule has 3 rings (SSSR count). The Morgan fingerprint density at radius 3 is 2.43 bits per heavy atom. The number of rotatable bonds is 6. The lowest BCUT2D eigenvalue weighted by Gasteiger charge is -2.12. The summed E-state index contributed by atoms with van der Waals surface area (Å²) in [5, 5.41) is -0.569. The van der Waals surface area contributed by atoms with Crippen molar-refractivity contribution in [2.45, 2.75) is 23.5 Å². The number of aryl methyl sites for hydroxylation is 1. The summed E-state index contributed by atoms with van der Waals surface area (Å²) in [5.74, 6) is -1.47. The first-order valence-electron chi connectivity index (χ1n) is 8.70. The summed E-state index contributed by atoms with van der Waals surface area (Å²) in [6, 6.07) is 13.7. The highest BCUT2D eigenvalue weighted by atomic mass is 32.2. The van der Waals surface area contributed by atoms with E-state index in [-0.39, 0.29) is 36.2 Å². The normalized spacial score (nSPS) is 16.4. The monoisotopic (exact) mass is 397 g/mol. The maximum Gasteiger partial charge on any atom is 0.339 e. The van der Waals surface area contributed by atoms with E-state index in [9.17, 15) is 19.2 Å². The van der Waals surface area contributed by atoms with E-state index in [2.05, 4.69) is 0 Å². The molecule has 1 fully saturated rings. The molecule has 0 saturated carbocycles. The van der Waals surface area contributed by atoms with Crippen LogP contribution in [-0.2, 0) is 14.3 Å². The lowest BCUT2D eigenvalue weighted by molar-refractivity contribution is -0.136. The lowest BCUT2D eigenvalue weighted by Crippen LogP contribution is -2.26. The van der Waals surface area contributed by atoms with Crippen LogP contribution in [0, 0.1) is 6.92 Å². The van der Waals surface area contributed by atoms with E-state index in [0.717, 1.165) is 22.2 Å². The van der Waals surface area contributed by atoms with E-state index in [1.54, 1.807) is 36.4 Å². The van der Waals surface area contributed by atoms with Gasteiger partial charge in [0.05, 0.1) is 10.8 Å². The third kappa shape index (κ3) is 4.31. The number of amides is 2. The number of esters is 1. The molecule has 1 aliphatic heterocycles. The number of nitrogens with zero attached hydrogens (tertiary/aromatic N) is 1. The van der Waals surface area contributed by atoms with E-state index in [0.29, 0.717) is 10.5 Å². The minimum absolute atomic E-state index is 0.0926. The number of carbonyl (C=O) groups is 4. The van der Waals surface area contributed by atoms with Crippen molar-refractivity contribution >= 4 is 35.3 Å². The van der Waals surface area contributed by atoms with Crippen molar-refractivity contribution in [3.63, 3.8) is 0 Å². The molecule has 1 heterocycles. The predicted octanol–water partition coefficient (Wildman–Crippen LogP) is 2.88. The first kappa shape index (κ1) is 19.8. The predicted molar refractivity (Wildman–Crippen MR) is 104 cm³/mol. The highest BCUT2D eigenvalue weighted by Crippen LogP contribution is 2.33. The summed E-state index contributed by atoms with van der Waals surface area (Å²) in [4.78, 5) is 50.1. The molecule has 0 spiro atoms. The molecule has 2 aromatic rings. The fourth-order valence-electron chi connectivity index (χ4n) is 2.74. The Morgan fingerprint density at radius 1 is 1.11 bits per heavy atom. The fraction of sp³-hybridized carbons (Fsp3) is 0.238. The summed E-state index contributed by atoms with van der Waals surface area (Å²) in [5.41, 5.74) is 1.77. The van der Waals surface area contributed by atoms with E-state index in [4.69, 9.17) is 4.74 Å². The Hall–Kier alpha value is -2.93. The number of Topliss-reactive ketones (excluding diaryl/α,β-unsaturated/α-hetero) is 1. The van der Waals surface area contributed by atoms with E-state index >= 15 is 0 Å². The van der Waals surface area contributed by atoms with Gasteiger partial charge in [-0.3, -0.25) is 19.3 Å². The van der Waals surface area contributed by atoms with Crippen molar-refractivity contribution in [1.82, 2.24) is 4.90 Å². The average Bonchev–Trinajstić information content (AvgIpc) is 2.93. The lowest BCUT2D eigenvalue weighted by atomic mass is 10.1. The molecule has 0 aliphatic carbocycles. The van der Waals surface area contributed by atoms with Crippen LogP contribution in [0.25, 0.3) is 0 Å². The Balaban J connectivity index is 1.67. The average molecular weight is 397 g/mol. The van der Waals surface area contributed by atoms with Gasteiger partial charge in [0.1, 0.15) is 0 Å². The Morgan fingerprint density at radius 2 is 1.79 bits per heavy atom. The fourth-order valence-corrected chi connectivity index (χ4v) is 3.96. The third-order valence-electron chi connectivity index (χ3n) is 4.42. The minimum Gasteiger partial charge on any atom is -0.454 e. The number of imide groups is 1. The van der Waals surface area contributed by atoms with Gasteiger partial charge in [-0.25, -0.2) is 4.79 Å². The second-order valence-electron chi connectivity index (χ2n) is 6.46. The van der Waals surface area contributed by atoms with Crippen molar-refractivity contribution in [1.29, 1.82) is 0 Å². The summed E-state index contributed by atoms with van der Waals surface area (Å²) in [6.07, 6.45) is 0.0926. The van der Waals surface area contributed by atoms with E-state index in [1.807, 2.05) is 19.1 Å². The quantitative estimate of drug-likeness (QED) is 0.424. The summed E-state index contributed by atoms with van der Waals surface area (Å²) in [7, 11) is 1.45. The van der Waals surface area contributed by atoms with Gasteiger partial charge in [0, 0.05) is 23.9 Å². The van der Waals surface area contributed by atoms with Crippen LogP contribution in [-0.4, -0.2) is 47.4 Å². The summed E-state index contributed by atoms with van der Waals surface area (Å²) < 4.78 is 5.18. The standard InChI is InChI=1S/C21H19NO5S/c1-13-7-9-14(10-8-13)16(23)12-27-21(26)15-5-3-4-6-17(15)28-18-11-19(24)22(2)20(18)25/h3-10,18H,11-12H2,1-2H3. The van der Waals surface area contributed by atoms with Crippen LogP contribution in [0.1, 0.15) is 32.7 Å². The summed E-state index contributed by atoms with van der Waals surface area (Å²) in [6.45, 7) is 1.55. The van der Waals surface area contributed by atoms with Gasteiger partial charge in [0.15, 0.2) is 12.4 Å². The molecular weight excluding hydrogens is 378 g/mol. The molecule has 2 amide bonds. The Kier molecular flexibility index (Phi) is 5.94.